The lowest BCUT2D eigenvalue weighted by Crippen LogP contribution is -2.14. The van der Waals surface area contributed by atoms with Crippen LogP contribution in [-0.2, 0) is 6.18 Å². The number of aromatic nitrogens is 1. The molecule has 0 unspecified atom stereocenters. The molecule has 2 aromatic rings. The van der Waals surface area contributed by atoms with E-state index in [1.165, 1.54) is 12.3 Å². The lowest BCUT2D eigenvalue weighted by atomic mass is 10.2. The number of benzene rings is 1. The van der Waals surface area contributed by atoms with E-state index in [1.807, 2.05) is 0 Å². The second-order valence-electron chi connectivity index (χ2n) is 4.02. The molecule has 2 rings (SSSR count). The van der Waals surface area contributed by atoms with Gasteiger partial charge in [0.15, 0.2) is 0 Å². The third-order valence-corrected chi connectivity index (χ3v) is 3.33. The van der Waals surface area contributed by atoms with Crippen LogP contribution in [0.2, 0.25) is 5.02 Å². The van der Waals surface area contributed by atoms with Crippen molar-refractivity contribution in [3.05, 3.63) is 57.3 Å². The van der Waals surface area contributed by atoms with Crippen LogP contribution < -0.4 is 5.32 Å². The van der Waals surface area contributed by atoms with Crippen LogP contribution in [0.25, 0.3) is 0 Å². The minimum atomic E-state index is -4.51. The number of carbonyl (C=O) groups is 1. The predicted octanol–water partition coefficient (Wildman–Crippen LogP) is 4.77. The Bertz CT molecular complexity index is 674. The van der Waals surface area contributed by atoms with E-state index in [9.17, 15) is 18.0 Å². The molecule has 1 amide bonds. The molecule has 0 spiro atoms. The number of rotatable bonds is 2. The van der Waals surface area contributed by atoms with Crippen molar-refractivity contribution in [1.29, 1.82) is 0 Å². The highest BCUT2D eigenvalue weighted by Crippen LogP contribution is 2.33. The van der Waals surface area contributed by atoms with Gasteiger partial charge in [0.2, 0.25) is 0 Å². The number of anilines is 1. The zero-order valence-corrected chi connectivity index (χ0v) is 12.6. The molecule has 0 aliphatic carbocycles. The smallest absolute Gasteiger partial charge is 0.321 e. The number of nitrogens with zero attached hydrogens (tertiary/aromatic N) is 1. The first kappa shape index (κ1) is 15.8. The zero-order valence-electron chi connectivity index (χ0n) is 10.2. The van der Waals surface area contributed by atoms with Crippen molar-refractivity contribution < 1.29 is 18.0 Å². The largest absolute Gasteiger partial charge is 0.416 e. The highest BCUT2D eigenvalue weighted by molar-refractivity contribution is 9.10. The van der Waals surface area contributed by atoms with Crippen LogP contribution in [0.5, 0.6) is 0 Å². The molecule has 0 radical (unpaired) electrons. The second kappa shape index (κ2) is 6.03. The quantitative estimate of drug-likeness (QED) is 0.764. The first-order valence-corrected chi connectivity index (χ1v) is 6.74. The van der Waals surface area contributed by atoms with Crippen LogP contribution in [0.4, 0.5) is 18.9 Å². The molecule has 3 nitrogen and oxygen atoms in total. The van der Waals surface area contributed by atoms with Crippen LogP contribution in [0.3, 0.4) is 0 Å². The Balaban J connectivity index is 2.26. The standard InChI is InChI=1S/C13H7BrClF3N2O/c14-11-4-1-7(6-19-11)12(21)20-10-5-8(13(16,17)18)2-3-9(10)15/h1-6H,(H,20,21). The highest BCUT2D eigenvalue weighted by atomic mass is 79.9. The van der Waals surface area contributed by atoms with Crippen LogP contribution in [-0.4, -0.2) is 10.9 Å². The van der Waals surface area contributed by atoms with Gasteiger partial charge in [-0.05, 0) is 46.3 Å². The molecule has 0 saturated carbocycles. The van der Waals surface area contributed by atoms with Crippen molar-refractivity contribution in [2.45, 2.75) is 6.18 Å². The van der Waals surface area contributed by atoms with Crippen molar-refractivity contribution in [3.8, 4) is 0 Å². The van der Waals surface area contributed by atoms with E-state index in [0.29, 0.717) is 4.60 Å². The molecule has 1 aromatic carbocycles. The summed E-state index contributed by atoms with van der Waals surface area (Å²) in [6.45, 7) is 0. The topological polar surface area (TPSA) is 42.0 Å². The van der Waals surface area contributed by atoms with Gasteiger partial charge < -0.3 is 5.32 Å². The number of alkyl halides is 3. The van der Waals surface area contributed by atoms with E-state index in [-0.39, 0.29) is 16.3 Å². The molecule has 0 fully saturated rings. The SMILES string of the molecule is O=C(Nc1cc(C(F)(F)F)ccc1Cl)c1ccc(Br)nc1. The maximum absolute atomic E-state index is 12.6. The van der Waals surface area contributed by atoms with Crippen LogP contribution in [0.1, 0.15) is 15.9 Å². The monoisotopic (exact) mass is 378 g/mol. The molecule has 0 atom stereocenters. The Morgan fingerprint density at radius 3 is 2.52 bits per heavy atom. The van der Waals surface area contributed by atoms with E-state index in [4.69, 9.17) is 11.6 Å². The average molecular weight is 380 g/mol. The summed E-state index contributed by atoms with van der Waals surface area (Å²) in [4.78, 5) is 15.8. The number of amides is 1. The van der Waals surface area contributed by atoms with Crippen molar-refractivity contribution in [1.82, 2.24) is 4.98 Å². The van der Waals surface area contributed by atoms with Crippen LogP contribution in [0, 0.1) is 0 Å². The Hall–Kier alpha value is -1.60. The van der Waals surface area contributed by atoms with Crippen molar-refractivity contribution in [3.63, 3.8) is 0 Å². The molecular weight excluding hydrogens is 373 g/mol. The number of carbonyl (C=O) groups excluding carboxylic acids is 1. The molecule has 0 aliphatic heterocycles. The number of halogens is 5. The lowest BCUT2D eigenvalue weighted by Gasteiger charge is -2.11. The molecule has 0 aliphatic rings. The third-order valence-electron chi connectivity index (χ3n) is 2.53. The molecule has 0 saturated heterocycles. The minimum absolute atomic E-state index is 0.0152. The van der Waals surface area contributed by atoms with Crippen molar-refractivity contribution >= 4 is 39.1 Å². The number of nitrogens with one attached hydrogen (secondary N) is 1. The summed E-state index contributed by atoms with van der Waals surface area (Å²) in [5.41, 5.74) is -0.804. The van der Waals surface area contributed by atoms with Crippen molar-refractivity contribution in [2.24, 2.45) is 0 Å². The Morgan fingerprint density at radius 2 is 1.95 bits per heavy atom. The van der Waals surface area contributed by atoms with Gasteiger partial charge in [-0.15, -0.1) is 0 Å². The molecule has 8 heteroatoms. The van der Waals surface area contributed by atoms with Gasteiger partial charge in [0.05, 0.1) is 21.8 Å². The molecule has 21 heavy (non-hydrogen) atoms. The summed E-state index contributed by atoms with van der Waals surface area (Å²) in [5.74, 6) is -0.601. The second-order valence-corrected chi connectivity index (χ2v) is 5.24. The summed E-state index contributed by atoms with van der Waals surface area (Å²) in [6, 6.07) is 5.74. The number of hydrogen-bond donors (Lipinski definition) is 1. The van der Waals surface area contributed by atoms with Gasteiger partial charge in [-0.1, -0.05) is 11.6 Å². The molecular formula is C13H7BrClF3N2O. The predicted molar refractivity (Wildman–Crippen MR) is 76.3 cm³/mol. The summed E-state index contributed by atoms with van der Waals surface area (Å²) in [6.07, 6.45) is -3.22. The van der Waals surface area contributed by atoms with Gasteiger partial charge in [-0.3, -0.25) is 4.79 Å². The molecule has 1 N–H and O–H groups in total. The van der Waals surface area contributed by atoms with E-state index < -0.39 is 17.6 Å². The van der Waals surface area contributed by atoms with Gasteiger partial charge in [-0.25, -0.2) is 4.98 Å². The fourth-order valence-corrected chi connectivity index (χ4v) is 1.90. The normalized spacial score (nSPS) is 11.3. The maximum atomic E-state index is 12.6. The number of hydrogen-bond acceptors (Lipinski definition) is 2. The summed E-state index contributed by atoms with van der Waals surface area (Å²) in [7, 11) is 0. The van der Waals surface area contributed by atoms with Gasteiger partial charge in [0.1, 0.15) is 4.60 Å². The first-order chi connectivity index (χ1) is 9.77. The van der Waals surface area contributed by atoms with E-state index in [2.05, 4.69) is 26.2 Å². The van der Waals surface area contributed by atoms with Gasteiger partial charge >= 0.3 is 6.18 Å². The molecule has 0 bridgehead atoms. The highest BCUT2D eigenvalue weighted by Gasteiger charge is 2.31. The van der Waals surface area contributed by atoms with Gasteiger partial charge in [0, 0.05) is 6.20 Å². The van der Waals surface area contributed by atoms with Crippen molar-refractivity contribution in [2.75, 3.05) is 5.32 Å². The van der Waals surface area contributed by atoms with E-state index >= 15 is 0 Å². The molecule has 1 heterocycles. The first-order valence-electron chi connectivity index (χ1n) is 5.57. The molecule has 110 valence electrons. The Kier molecular flexibility index (Phi) is 4.53. The number of pyridine rings is 1. The summed E-state index contributed by atoms with van der Waals surface area (Å²) >= 11 is 8.91. The van der Waals surface area contributed by atoms with Crippen LogP contribution in [0.15, 0.2) is 41.1 Å². The lowest BCUT2D eigenvalue weighted by molar-refractivity contribution is -0.137. The van der Waals surface area contributed by atoms with Gasteiger partial charge in [-0.2, -0.15) is 13.2 Å². The maximum Gasteiger partial charge on any atom is 0.416 e. The summed E-state index contributed by atoms with van der Waals surface area (Å²) < 4.78 is 38.4. The fourth-order valence-electron chi connectivity index (χ4n) is 1.50. The zero-order chi connectivity index (χ0) is 15.6. The van der Waals surface area contributed by atoms with Crippen LogP contribution >= 0.6 is 27.5 Å². The Morgan fingerprint density at radius 1 is 1.24 bits per heavy atom. The van der Waals surface area contributed by atoms with E-state index in [1.54, 1.807) is 6.07 Å². The fraction of sp³-hybridized carbons (Fsp3) is 0.0769. The molecule has 1 aromatic heterocycles. The Labute approximate surface area is 131 Å². The third kappa shape index (κ3) is 3.95. The summed E-state index contributed by atoms with van der Waals surface area (Å²) in [5, 5.41) is 2.35. The van der Waals surface area contributed by atoms with Gasteiger partial charge in [0.25, 0.3) is 5.91 Å². The average Bonchev–Trinajstić information content (AvgIpc) is 2.40. The van der Waals surface area contributed by atoms with E-state index in [0.717, 1.165) is 18.2 Å². The minimum Gasteiger partial charge on any atom is -0.321 e.